The molecule has 1 aromatic carbocycles. The molecular formula is C14H15N3O2S2. The van der Waals surface area contributed by atoms with Crippen molar-refractivity contribution in [2.24, 2.45) is 0 Å². The SMILES string of the molecule is CNC(=O)NC(=O)C(C)Sc1nc(-c2ccccc2)cs1. The Labute approximate surface area is 131 Å². The van der Waals surface area contributed by atoms with Gasteiger partial charge in [-0.2, -0.15) is 0 Å². The number of hydrogen-bond acceptors (Lipinski definition) is 5. The van der Waals surface area contributed by atoms with Crippen molar-refractivity contribution in [2.45, 2.75) is 16.5 Å². The Balaban J connectivity index is 1.99. The number of thiazole rings is 1. The van der Waals surface area contributed by atoms with Crippen LogP contribution in [0.3, 0.4) is 0 Å². The summed E-state index contributed by atoms with van der Waals surface area (Å²) >= 11 is 2.82. The molecule has 21 heavy (non-hydrogen) atoms. The van der Waals surface area contributed by atoms with Crippen molar-refractivity contribution >= 4 is 35.0 Å². The van der Waals surface area contributed by atoms with Gasteiger partial charge in [-0.15, -0.1) is 11.3 Å². The maximum Gasteiger partial charge on any atom is 0.321 e. The van der Waals surface area contributed by atoms with Crippen LogP contribution in [0.15, 0.2) is 40.1 Å². The Morgan fingerprint density at radius 2 is 2.00 bits per heavy atom. The summed E-state index contributed by atoms with van der Waals surface area (Å²) in [5.41, 5.74) is 1.94. The number of aromatic nitrogens is 1. The first-order valence-electron chi connectivity index (χ1n) is 6.30. The zero-order valence-electron chi connectivity index (χ0n) is 11.6. The van der Waals surface area contributed by atoms with E-state index in [1.54, 1.807) is 6.92 Å². The molecule has 2 rings (SSSR count). The number of imide groups is 1. The summed E-state index contributed by atoms with van der Waals surface area (Å²) < 4.78 is 0.799. The lowest BCUT2D eigenvalue weighted by atomic mass is 10.2. The molecule has 1 aromatic heterocycles. The van der Waals surface area contributed by atoms with Crippen LogP contribution in [0.2, 0.25) is 0 Å². The van der Waals surface area contributed by atoms with E-state index in [1.807, 2.05) is 35.7 Å². The predicted octanol–water partition coefficient (Wildman–Crippen LogP) is 2.75. The van der Waals surface area contributed by atoms with Crippen LogP contribution in [0.4, 0.5) is 4.79 Å². The summed E-state index contributed by atoms with van der Waals surface area (Å²) in [5.74, 6) is -0.337. The number of amides is 3. The quantitative estimate of drug-likeness (QED) is 0.850. The Hall–Kier alpha value is -1.86. The molecule has 0 aliphatic carbocycles. The summed E-state index contributed by atoms with van der Waals surface area (Å²) in [4.78, 5) is 27.4. The standard InChI is InChI=1S/C14H15N3O2S2/c1-9(12(18)17-13(19)15-2)21-14-16-11(8-20-14)10-6-4-3-5-7-10/h3-9H,1-2H3,(H2,15,17,18,19). The molecule has 3 amide bonds. The lowest BCUT2D eigenvalue weighted by Gasteiger charge is -2.08. The minimum atomic E-state index is -0.503. The second-order valence-electron chi connectivity index (χ2n) is 4.19. The van der Waals surface area contributed by atoms with Crippen molar-refractivity contribution < 1.29 is 9.59 Å². The van der Waals surface area contributed by atoms with Crippen LogP contribution in [0.5, 0.6) is 0 Å². The first-order valence-corrected chi connectivity index (χ1v) is 8.06. The highest BCUT2D eigenvalue weighted by molar-refractivity contribution is 8.02. The molecule has 7 heteroatoms. The molecule has 0 saturated heterocycles. The highest BCUT2D eigenvalue weighted by atomic mass is 32.2. The molecule has 110 valence electrons. The van der Waals surface area contributed by atoms with Crippen molar-refractivity contribution in [3.63, 3.8) is 0 Å². The molecule has 5 nitrogen and oxygen atoms in total. The van der Waals surface area contributed by atoms with Gasteiger partial charge >= 0.3 is 6.03 Å². The molecule has 1 unspecified atom stereocenters. The number of nitrogens with one attached hydrogen (secondary N) is 2. The number of hydrogen-bond donors (Lipinski definition) is 2. The second-order valence-corrected chi connectivity index (χ2v) is 6.64. The van der Waals surface area contributed by atoms with Gasteiger partial charge in [0.2, 0.25) is 5.91 Å². The summed E-state index contributed by atoms with van der Waals surface area (Å²) in [6.07, 6.45) is 0. The van der Waals surface area contributed by atoms with Gasteiger partial charge in [-0.25, -0.2) is 9.78 Å². The third-order valence-corrected chi connectivity index (χ3v) is 4.74. The number of carbonyl (C=O) groups is 2. The third kappa shape index (κ3) is 4.30. The van der Waals surface area contributed by atoms with Crippen LogP contribution in [-0.2, 0) is 4.79 Å². The largest absolute Gasteiger partial charge is 0.341 e. The van der Waals surface area contributed by atoms with Crippen LogP contribution in [0, 0.1) is 0 Å². The lowest BCUT2D eigenvalue weighted by molar-refractivity contribution is -0.119. The van der Waals surface area contributed by atoms with Crippen LogP contribution in [-0.4, -0.2) is 29.2 Å². The van der Waals surface area contributed by atoms with Crippen molar-refractivity contribution in [1.82, 2.24) is 15.6 Å². The fraction of sp³-hybridized carbons (Fsp3) is 0.214. The number of thioether (sulfide) groups is 1. The Morgan fingerprint density at radius 3 is 2.67 bits per heavy atom. The third-order valence-electron chi connectivity index (χ3n) is 2.66. The summed E-state index contributed by atoms with van der Waals surface area (Å²) in [6, 6.07) is 9.35. The van der Waals surface area contributed by atoms with Crippen LogP contribution < -0.4 is 10.6 Å². The minimum absolute atomic E-state index is 0.337. The Kier molecular flexibility index (Phi) is 5.35. The predicted molar refractivity (Wildman–Crippen MR) is 85.5 cm³/mol. The molecule has 1 atom stereocenters. The maximum absolute atomic E-state index is 11.8. The van der Waals surface area contributed by atoms with Crippen molar-refractivity contribution in [1.29, 1.82) is 0 Å². The van der Waals surface area contributed by atoms with E-state index in [0.29, 0.717) is 0 Å². The van der Waals surface area contributed by atoms with Crippen molar-refractivity contribution in [2.75, 3.05) is 7.05 Å². The average molecular weight is 321 g/mol. The molecule has 0 spiro atoms. The Bertz CT molecular complexity index is 628. The van der Waals surface area contributed by atoms with E-state index in [-0.39, 0.29) is 5.91 Å². The molecule has 0 aliphatic heterocycles. The van der Waals surface area contributed by atoms with E-state index in [2.05, 4.69) is 15.6 Å². The first kappa shape index (κ1) is 15.5. The average Bonchev–Trinajstić information content (AvgIpc) is 2.96. The smallest absolute Gasteiger partial charge is 0.321 e. The van der Waals surface area contributed by atoms with Crippen molar-refractivity contribution in [3.8, 4) is 11.3 Å². The molecular weight excluding hydrogens is 306 g/mol. The van der Waals surface area contributed by atoms with E-state index >= 15 is 0 Å². The highest BCUT2D eigenvalue weighted by Gasteiger charge is 2.18. The zero-order valence-corrected chi connectivity index (χ0v) is 13.3. The normalized spacial score (nSPS) is 11.7. The molecule has 2 N–H and O–H groups in total. The molecule has 0 bridgehead atoms. The van der Waals surface area contributed by atoms with Gasteiger partial charge in [-0.3, -0.25) is 10.1 Å². The summed E-state index contributed by atoms with van der Waals surface area (Å²) in [5, 5.41) is 6.17. The van der Waals surface area contributed by atoms with E-state index < -0.39 is 11.3 Å². The van der Waals surface area contributed by atoms with Gasteiger partial charge in [-0.05, 0) is 6.92 Å². The number of urea groups is 1. The van der Waals surface area contributed by atoms with Gasteiger partial charge in [0.25, 0.3) is 0 Å². The van der Waals surface area contributed by atoms with Gasteiger partial charge in [0.1, 0.15) is 0 Å². The van der Waals surface area contributed by atoms with E-state index in [1.165, 1.54) is 30.1 Å². The van der Waals surface area contributed by atoms with E-state index in [0.717, 1.165) is 15.6 Å². The van der Waals surface area contributed by atoms with Crippen LogP contribution >= 0.6 is 23.1 Å². The number of benzene rings is 1. The fourth-order valence-electron chi connectivity index (χ4n) is 1.53. The summed E-state index contributed by atoms with van der Waals surface area (Å²) in [7, 11) is 1.47. The maximum atomic E-state index is 11.8. The Morgan fingerprint density at radius 1 is 1.29 bits per heavy atom. The second kappa shape index (κ2) is 7.24. The summed E-state index contributed by atoms with van der Waals surface area (Å²) in [6.45, 7) is 1.74. The molecule has 1 heterocycles. The topological polar surface area (TPSA) is 71.1 Å². The van der Waals surface area contributed by atoms with Gasteiger partial charge in [0.15, 0.2) is 4.34 Å². The number of rotatable bonds is 4. The van der Waals surface area contributed by atoms with Gasteiger partial charge in [-0.1, -0.05) is 42.1 Å². The van der Waals surface area contributed by atoms with Crippen LogP contribution in [0.25, 0.3) is 11.3 Å². The molecule has 0 aliphatic rings. The van der Waals surface area contributed by atoms with E-state index in [9.17, 15) is 9.59 Å². The molecule has 0 radical (unpaired) electrons. The molecule has 2 aromatic rings. The highest BCUT2D eigenvalue weighted by Crippen LogP contribution is 2.30. The number of nitrogens with zero attached hydrogens (tertiary/aromatic N) is 1. The van der Waals surface area contributed by atoms with Gasteiger partial charge < -0.3 is 5.32 Å². The van der Waals surface area contributed by atoms with E-state index in [4.69, 9.17) is 0 Å². The van der Waals surface area contributed by atoms with Gasteiger partial charge in [0, 0.05) is 18.0 Å². The van der Waals surface area contributed by atoms with Gasteiger partial charge in [0.05, 0.1) is 10.9 Å². The number of carbonyl (C=O) groups excluding carboxylic acids is 2. The van der Waals surface area contributed by atoms with Crippen LogP contribution in [0.1, 0.15) is 6.92 Å². The lowest BCUT2D eigenvalue weighted by Crippen LogP contribution is -2.41. The van der Waals surface area contributed by atoms with Crippen molar-refractivity contribution in [3.05, 3.63) is 35.7 Å². The molecule has 0 saturated carbocycles. The molecule has 0 fully saturated rings. The fourth-order valence-corrected chi connectivity index (χ4v) is 3.51. The minimum Gasteiger partial charge on any atom is -0.341 e. The monoisotopic (exact) mass is 321 g/mol. The first-order chi connectivity index (χ1) is 10.1. The zero-order chi connectivity index (χ0) is 15.2.